The minimum Gasteiger partial charge on any atom is -0.288 e. The molecule has 2 rings (SSSR count). The largest absolute Gasteiger partial charge is 0.288 e. The summed E-state index contributed by atoms with van der Waals surface area (Å²) >= 11 is 0. The molecule has 0 aliphatic carbocycles. The molecule has 0 atom stereocenters. The van der Waals surface area contributed by atoms with Gasteiger partial charge in [0.15, 0.2) is 5.78 Å². The number of hydrogen-bond donors (Lipinski definition) is 0. The van der Waals surface area contributed by atoms with Crippen LogP contribution in [0.25, 0.3) is 0 Å². The molecule has 4 nitrogen and oxygen atoms in total. The van der Waals surface area contributed by atoms with Gasteiger partial charge in [-0.25, -0.2) is 0 Å². The Morgan fingerprint density at radius 1 is 1.00 bits per heavy atom. The van der Waals surface area contributed by atoms with Crippen LogP contribution in [-0.2, 0) is 0 Å². The molecule has 0 aromatic heterocycles. The molecule has 2 aromatic rings. The summed E-state index contributed by atoms with van der Waals surface area (Å²) < 4.78 is 0. The molecule has 0 amide bonds. The molecule has 0 N–H and O–H groups in total. The number of carbonyl (C=O) groups is 1. The maximum atomic E-state index is 12.4. The highest BCUT2D eigenvalue weighted by Crippen LogP contribution is 2.28. The summed E-state index contributed by atoms with van der Waals surface area (Å²) in [4.78, 5) is 23.1. The van der Waals surface area contributed by atoms with Gasteiger partial charge in [0.2, 0.25) is 0 Å². The van der Waals surface area contributed by atoms with Crippen LogP contribution in [0.3, 0.4) is 0 Å². The van der Waals surface area contributed by atoms with E-state index < -0.39 is 4.92 Å². The third kappa shape index (κ3) is 2.38. The highest BCUT2D eigenvalue weighted by molar-refractivity contribution is 6.12. The Balaban J connectivity index is 2.66. The van der Waals surface area contributed by atoms with E-state index in [1.165, 1.54) is 0 Å². The number of nitro benzene ring substituents is 1. The summed E-state index contributed by atoms with van der Waals surface area (Å²) in [6.45, 7) is 3.35. The van der Waals surface area contributed by atoms with Crippen LogP contribution in [-0.4, -0.2) is 10.7 Å². The summed E-state index contributed by atoms with van der Waals surface area (Å²) in [6.07, 6.45) is 0. The van der Waals surface area contributed by atoms with Crippen LogP contribution < -0.4 is 0 Å². The Kier molecular flexibility index (Phi) is 3.42. The second-order valence-electron chi connectivity index (χ2n) is 4.38. The zero-order valence-corrected chi connectivity index (χ0v) is 10.7. The number of nitro groups is 1. The van der Waals surface area contributed by atoms with Crippen LogP contribution in [0.15, 0.2) is 42.5 Å². The molecule has 0 bridgehead atoms. The summed E-state index contributed by atoms with van der Waals surface area (Å²) in [5.74, 6) is -0.312. The molecule has 0 fully saturated rings. The number of nitrogens with zero attached hydrogens (tertiary/aromatic N) is 1. The van der Waals surface area contributed by atoms with Crippen molar-refractivity contribution in [2.24, 2.45) is 0 Å². The molecule has 0 saturated heterocycles. The molecule has 0 saturated carbocycles. The molecule has 4 heteroatoms. The van der Waals surface area contributed by atoms with Gasteiger partial charge in [0, 0.05) is 11.1 Å². The van der Waals surface area contributed by atoms with E-state index >= 15 is 0 Å². The van der Waals surface area contributed by atoms with Gasteiger partial charge in [-0.2, -0.15) is 0 Å². The summed E-state index contributed by atoms with van der Waals surface area (Å²) in [5, 5.41) is 11.2. The lowest BCUT2D eigenvalue weighted by molar-refractivity contribution is -0.385. The zero-order valence-electron chi connectivity index (χ0n) is 10.7. The van der Waals surface area contributed by atoms with Gasteiger partial charge in [0.1, 0.15) is 5.56 Å². The van der Waals surface area contributed by atoms with Crippen LogP contribution in [0.5, 0.6) is 0 Å². The van der Waals surface area contributed by atoms with Crippen molar-refractivity contribution in [1.82, 2.24) is 0 Å². The molecule has 0 heterocycles. The molecule has 0 radical (unpaired) electrons. The monoisotopic (exact) mass is 255 g/mol. The zero-order chi connectivity index (χ0) is 14.0. The van der Waals surface area contributed by atoms with Gasteiger partial charge in [-0.05, 0) is 19.4 Å². The first-order chi connectivity index (χ1) is 9.02. The van der Waals surface area contributed by atoms with Gasteiger partial charge in [-0.15, -0.1) is 0 Å². The van der Waals surface area contributed by atoms with Crippen molar-refractivity contribution >= 4 is 11.5 Å². The third-order valence-electron chi connectivity index (χ3n) is 3.03. The highest BCUT2D eigenvalue weighted by atomic mass is 16.6. The molecule has 0 unspecified atom stereocenters. The van der Waals surface area contributed by atoms with Gasteiger partial charge in [-0.3, -0.25) is 14.9 Å². The first kappa shape index (κ1) is 13.0. The van der Waals surface area contributed by atoms with Crippen LogP contribution in [0, 0.1) is 24.0 Å². The lowest BCUT2D eigenvalue weighted by atomic mass is 9.95. The van der Waals surface area contributed by atoms with Crippen molar-refractivity contribution in [2.75, 3.05) is 0 Å². The second-order valence-corrected chi connectivity index (χ2v) is 4.38. The Hall–Kier alpha value is -2.49. The smallest absolute Gasteiger partial charge is 0.283 e. The first-order valence-electron chi connectivity index (χ1n) is 5.86. The SMILES string of the molecule is Cc1ccc(C)c([N+](=O)[O-])c1C(=O)c1ccccc1. The molecule has 0 spiro atoms. The van der Waals surface area contributed by atoms with Gasteiger partial charge < -0.3 is 0 Å². The number of ketones is 1. The Morgan fingerprint density at radius 2 is 1.58 bits per heavy atom. The van der Waals surface area contributed by atoms with E-state index in [1.54, 1.807) is 56.3 Å². The van der Waals surface area contributed by atoms with E-state index in [4.69, 9.17) is 0 Å². The highest BCUT2D eigenvalue weighted by Gasteiger charge is 2.25. The van der Waals surface area contributed by atoms with Crippen LogP contribution in [0.2, 0.25) is 0 Å². The summed E-state index contributed by atoms with van der Waals surface area (Å²) in [6, 6.07) is 12.0. The average Bonchev–Trinajstić information content (AvgIpc) is 2.41. The average molecular weight is 255 g/mol. The quantitative estimate of drug-likeness (QED) is 0.479. The van der Waals surface area contributed by atoms with Gasteiger partial charge in [-0.1, -0.05) is 42.5 Å². The number of carbonyl (C=O) groups excluding carboxylic acids is 1. The lowest BCUT2D eigenvalue weighted by Crippen LogP contribution is -2.09. The Morgan fingerprint density at radius 3 is 2.16 bits per heavy atom. The first-order valence-corrected chi connectivity index (χ1v) is 5.86. The predicted octanol–water partition coefficient (Wildman–Crippen LogP) is 3.44. The maximum Gasteiger partial charge on any atom is 0.283 e. The van der Waals surface area contributed by atoms with Crippen molar-refractivity contribution in [2.45, 2.75) is 13.8 Å². The molecule has 2 aromatic carbocycles. The predicted molar refractivity (Wildman–Crippen MR) is 72.4 cm³/mol. The van der Waals surface area contributed by atoms with E-state index in [1.807, 2.05) is 0 Å². The maximum absolute atomic E-state index is 12.4. The minimum absolute atomic E-state index is 0.103. The third-order valence-corrected chi connectivity index (χ3v) is 3.03. The number of hydrogen-bond acceptors (Lipinski definition) is 3. The molecular formula is C15H13NO3. The fraction of sp³-hybridized carbons (Fsp3) is 0.133. The Labute approximate surface area is 110 Å². The fourth-order valence-corrected chi connectivity index (χ4v) is 2.05. The van der Waals surface area contributed by atoms with Crippen molar-refractivity contribution in [3.05, 3.63) is 74.8 Å². The van der Waals surface area contributed by atoms with Gasteiger partial charge in [0.05, 0.1) is 4.92 Å². The van der Waals surface area contributed by atoms with Crippen molar-refractivity contribution in [1.29, 1.82) is 0 Å². The molecule has 96 valence electrons. The number of rotatable bonds is 3. The van der Waals surface area contributed by atoms with E-state index in [0.717, 1.165) is 0 Å². The number of aryl methyl sites for hydroxylation is 2. The van der Waals surface area contributed by atoms with Crippen molar-refractivity contribution < 1.29 is 9.72 Å². The van der Waals surface area contributed by atoms with E-state index in [0.29, 0.717) is 16.7 Å². The molecule has 19 heavy (non-hydrogen) atoms. The molecule has 0 aliphatic heterocycles. The van der Waals surface area contributed by atoms with E-state index in [-0.39, 0.29) is 17.0 Å². The van der Waals surface area contributed by atoms with Crippen molar-refractivity contribution in [3.63, 3.8) is 0 Å². The van der Waals surface area contributed by atoms with Gasteiger partial charge in [0.25, 0.3) is 5.69 Å². The fourth-order valence-electron chi connectivity index (χ4n) is 2.05. The standard InChI is InChI=1S/C15H13NO3/c1-10-8-9-11(2)14(16(18)19)13(10)15(17)12-6-4-3-5-7-12/h3-9H,1-2H3. The topological polar surface area (TPSA) is 60.2 Å². The second kappa shape index (κ2) is 5.02. The number of benzene rings is 2. The summed E-state index contributed by atoms with van der Waals surface area (Å²) in [7, 11) is 0. The van der Waals surface area contributed by atoms with Crippen molar-refractivity contribution in [3.8, 4) is 0 Å². The Bertz CT molecular complexity index is 648. The minimum atomic E-state index is -0.488. The summed E-state index contributed by atoms with van der Waals surface area (Å²) in [5.41, 5.74) is 1.64. The lowest BCUT2D eigenvalue weighted by Gasteiger charge is -2.08. The van der Waals surface area contributed by atoms with E-state index in [2.05, 4.69) is 0 Å². The normalized spacial score (nSPS) is 10.2. The van der Waals surface area contributed by atoms with Crippen LogP contribution in [0.1, 0.15) is 27.0 Å². The van der Waals surface area contributed by atoms with E-state index in [9.17, 15) is 14.9 Å². The van der Waals surface area contributed by atoms with Crippen LogP contribution in [0.4, 0.5) is 5.69 Å². The van der Waals surface area contributed by atoms with Gasteiger partial charge >= 0.3 is 0 Å². The van der Waals surface area contributed by atoms with Crippen LogP contribution >= 0.6 is 0 Å². The molecule has 0 aliphatic rings. The molecular weight excluding hydrogens is 242 g/mol.